The van der Waals surface area contributed by atoms with Gasteiger partial charge in [0.15, 0.2) is 0 Å². The highest BCUT2D eigenvalue weighted by Crippen LogP contribution is 2.37. The molecule has 0 amide bonds. The first-order valence-electron chi connectivity index (χ1n) is 7.75. The molecule has 28 heavy (non-hydrogen) atoms. The molecule has 1 aromatic heterocycles. The number of anilines is 1. The van der Waals surface area contributed by atoms with Gasteiger partial charge in [-0.1, -0.05) is 0 Å². The molecule has 3 rings (SSSR count). The number of nitrogens with zero attached hydrogens (tertiary/aromatic N) is 1. The van der Waals surface area contributed by atoms with Crippen LogP contribution >= 0.6 is 0 Å². The second-order valence-electron chi connectivity index (χ2n) is 5.75. The minimum absolute atomic E-state index is 0.00736. The van der Waals surface area contributed by atoms with Crippen molar-refractivity contribution < 1.29 is 30.6 Å². The monoisotopic (exact) mass is 418 g/mol. The summed E-state index contributed by atoms with van der Waals surface area (Å²) >= 11 is 0. The van der Waals surface area contributed by atoms with Gasteiger partial charge in [0.05, 0.1) is 16.0 Å². The third kappa shape index (κ3) is 4.56. The molecule has 1 N–H and O–H groups in total. The van der Waals surface area contributed by atoms with Gasteiger partial charge in [-0.2, -0.15) is 26.3 Å². The summed E-state index contributed by atoms with van der Waals surface area (Å²) in [7, 11) is -2.32. The van der Waals surface area contributed by atoms with Gasteiger partial charge in [0.25, 0.3) is 0 Å². The van der Waals surface area contributed by atoms with Crippen LogP contribution in [0.25, 0.3) is 5.69 Å². The molecule has 3 nitrogen and oxygen atoms in total. The second kappa shape index (κ2) is 7.34. The Morgan fingerprint density at radius 1 is 0.786 bits per heavy atom. The van der Waals surface area contributed by atoms with Gasteiger partial charge in [-0.15, -0.1) is 0 Å². The highest BCUT2D eigenvalue weighted by atomic mass is 32.2. The van der Waals surface area contributed by atoms with Crippen LogP contribution in [0, 0.1) is 0 Å². The van der Waals surface area contributed by atoms with Gasteiger partial charge in [-0.3, -0.25) is 0 Å². The van der Waals surface area contributed by atoms with E-state index in [-0.39, 0.29) is 11.8 Å². The third-order valence-corrected chi connectivity index (χ3v) is 4.84. The summed E-state index contributed by atoms with van der Waals surface area (Å²) in [5, 5.41) is 0. The Labute approximate surface area is 158 Å². The average molecular weight is 418 g/mol. The minimum Gasteiger partial charge on any atom is -0.324 e. The molecule has 0 aliphatic carbocycles. The minimum atomic E-state index is -5.00. The fourth-order valence-corrected chi connectivity index (χ4v) is 3.34. The molecular formula is C18H12F6N2OS. The van der Waals surface area contributed by atoms with Crippen molar-refractivity contribution in [2.75, 3.05) is 4.72 Å². The molecule has 3 aromatic rings. The molecule has 148 valence electrons. The number of nitrogens with one attached hydrogen (secondary N) is 1. The lowest BCUT2D eigenvalue weighted by Gasteiger charge is -2.14. The maximum absolute atomic E-state index is 12.9. The molecule has 0 aliphatic rings. The summed E-state index contributed by atoms with van der Waals surface area (Å²) in [6.07, 6.45) is -6.42. The molecule has 0 bridgehead atoms. The van der Waals surface area contributed by atoms with Crippen LogP contribution in [0.15, 0.2) is 71.9 Å². The molecule has 10 heteroatoms. The highest BCUT2D eigenvalue weighted by Gasteiger charge is 2.37. The molecule has 0 aliphatic heterocycles. The van der Waals surface area contributed by atoms with Gasteiger partial charge in [0.2, 0.25) is 0 Å². The number of rotatable bonds is 4. The van der Waals surface area contributed by atoms with Gasteiger partial charge < -0.3 is 9.29 Å². The van der Waals surface area contributed by atoms with Gasteiger partial charge in [-0.05, 0) is 54.6 Å². The maximum atomic E-state index is 12.9. The first-order valence-corrected chi connectivity index (χ1v) is 8.90. The van der Waals surface area contributed by atoms with E-state index in [4.69, 9.17) is 0 Å². The lowest BCUT2D eigenvalue weighted by atomic mass is 10.1. The second-order valence-corrected chi connectivity index (χ2v) is 6.96. The van der Waals surface area contributed by atoms with Crippen LogP contribution in [-0.4, -0.2) is 8.78 Å². The quantitative estimate of drug-likeness (QED) is 0.546. The van der Waals surface area contributed by atoms with E-state index < -0.39 is 39.4 Å². The van der Waals surface area contributed by atoms with E-state index in [0.717, 1.165) is 5.69 Å². The first kappa shape index (κ1) is 20.0. The Morgan fingerprint density at radius 3 is 1.75 bits per heavy atom. The zero-order chi connectivity index (χ0) is 20.5. The first-order chi connectivity index (χ1) is 13.0. The van der Waals surface area contributed by atoms with Crippen LogP contribution in [0.5, 0.6) is 0 Å². The number of aromatic nitrogens is 1. The van der Waals surface area contributed by atoms with E-state index in [9.17, 15) is 30.6 Å². The van der Waals surface area contributed by atoms with Gasteiger partial charge in [0, 0.05) is 23.8 Å². The van der Waals surface area contributed by atoms with Crippen LogP contribution in [0.4, 0.5) is 32.0 Å². The maximum Gasteiger partial charge on any atom is 0.416 e. The van der Waals surface area contributed by atoms with Gasteiger partial charge in [-0.25, -0.2) is 4.21 Å². The third-order valence-electron chi connectivity index (χ3n) is 3.76. The van der Waals surface area contributed by atoms with Crippen molar-refractivity contribution in [2.24, 2.45) is 0 Å². The lowest BCUT2D eigenvalue weighted by Crippen LogP contribution is -2.14. The summed E-state index contributed by atoms with van der Waals surface area (Å²) in [6, 6.07) is 10.8. The summed E-state index contributed by atoms with van der Waals surface area (Å²) in [6.45, 7) is 0. The molecule has 0 saturated heterocycles. The average Bonchev–Trinajstić information content (AvgIpc) is 3.15. The SMILES string of the molecule is O=S(Nc1ccc(-n2cccc2)cc1)c1cc(C(F)(F)F)cc(C(F)(F)F)c1. The number of halogens is 6. The summed E-state index contributed by atoms with van der Waals surface area (Å²) < 4.78 is 94.1. The summed E-state index contributed by atoms with van der Waals surface area (Å²) in [4.78, 5) is -0.628. The molecule has 0 spiro atoms. The number of hydrogen-bond acceptors (Lipinski definition) is 1. The molecule has 1 atom stereocenters. The van der Waals surface area contributed by atoms with Gasteiger partial charge >= 0.3 is 12.4 Å². The number of hydrogen-bond donors (Lipinski definition) is 1. The van der Waals surface area contributed by atoms with Crippen molar-refractivity contribution >= 4 is 16.7 Å². The van der Waals surface area contributed by atoms with E-state index in [0.29, 0.717) is 12.1 Å². The zero-order valence-corrected chi connectivity index (χ0v) is 14.7. The van der Waals surface area contributed by atoms with Crippen molar-refractivity contribution in [1.82, 2.24) is 4.57 Å². The number of alkyl halides is 6. The molecule has 2 aromatic carbocycles. The Morgan fingerprint density at radius 2 is 1.29 bits per heavy atom. The largest absolute Gasteiger partial charge is 0.416 e. The van der Waals surface area contributed by atoms with Crippen LogP contribution in [-0.2, 0) is 23.3 Å². The number of benzene rings is 2. The predicted molar refractivity (Wildman–Crippen MR) is 92.2 cm³/mol. The van der Waals surface area contributed by atoms with Crippen LogP contribution in [0.1, 0.15) is 11.1 Å². The normalized spacial score (nSPS) is 13.4. The van der Waals surface area contributed by atoms with Gasteiger partial charge in [0.1, 0.15) is 11.0 Å². The van der Waals surface area contributed by atoms with Crippen molar-refractivity contribution in [2.45, 2.75) is 17.2 Å². The molecular weight excluding hydrogens is 406 g/mol. The van der Waals surface area contributed by atoms with E-state index in [1.165, 1.54) is 12.1 Å². The fourth-order valence-electron chi connectivity index (χ4n) is 2.41. The van der Waals surface area contributed by atoms with Crippen molar-refractivity contribution in [1.29, 1.82) is 0 Å². The smallest absolute Gasteiger partial charge is 0.324 e. The summed E-state index contributed by atoms with van der Waals surface area (Å²) in [5.41, 5.74) is -1.98. The Bertz CT molecular complexity index is 947. The van der Waals surface area contributed by atoms with Crippen LogP contribution in [0.2, 0.25) is 0 Å². The fraction of sp³-hybridized carbons (Fsp3) is 0.111. The predicted octanol–water partition coefficient (Wildman–Crippen LogP) is 5.65. The topological polar surface area (TPSA) is 34.0 Å². The van der Waals surface area contributed by atoms with E-state index in [2.05, 4.69) is 4.72 Å². The molecule has 0 radical (unpaired) electrons. The molecule has 0 saturated carbocycles. The molecule has 1 heterocycles. The lowest BCUT2D eigenvalue weighted by molar-refractivity contribution is -0.143. The standard InChI is InChI=1S/C18H12F6N2OS/c19-17(20,21)12-9-13(18(22,23)24)11-16(10-12)28(27)25-14-3-5-15(6-4-14)26-7-1-2-8-26/h1-11,25H. The van der Waals surface area contributed by atoms with E-state index in [1.807, 2.05) is 12.1 Å². The Balaban J connectivity index is 1.87. The van der Waals surface area contributed by atoms with Crippen LogP contribution < -0.4 is 4.72 Å². The highest BCUT2D eigenvalue weighted by molar-refractivity contribution is 7.86. The van der Waals surface area contributed by atoms with Crippen molar-refractivity contribution in [3.63, 3.8) is 0 Å². The zero-order valence-electron chi connectivity index (χ0n) is 13.9. The molecule has 0 fully saturated rings. The molecule has 1 unspecified atom stereocenters. The van der Waals surface area contributed by atoms with Crippen LogP contribution in [0.3, 0.4) is 0 Å². The van der Waals surface area contributed by atoms with E-state index in [1.54, 1.807) is 29.1 Å². The van der Waals surface area contributed by atoms with Crippen molar-refractivity contribution in [3.8, 4) is 5.69 Å². The Hall–Kier alpha value is -2.75. The van der Waals surface area contributed by atoms with E-state index >= 15 is 0 Å². The Kier molecular flexibility index (Phi) is 5.24. The summed E-state index contributed by atoms with van der Waals surface area (Å²) in [5.74, 6) is 0. The van der Waals surface area contributed by atoms with Crippen molar-refractivity contribution in [3.05, 3.63) is 78.1 Å².